The lowest BCUT2D eigenvalue weighted by Crippen LogP contribution is -2.29. The smallest absolute Gasteiger partial charge is 0.288 e. The van der Waals surface area contributed by atoms with E-state index in [0.29, 0.717) is 16.8 Å². The van der Waals surface area contributed by atoms with Crippen molar-refractivity contribution in [3.63, 3.8) is 0 Å². The maximum absolute atomic E-state index is 11.7. The van der Waals surface area contributed by atoms with Crippen LogP contribution < -0.4 is 10.6 Å². The van der Waals surface area contributed by atoms with Gasteiger partial charge in [0.25, 0.3) is 5.91 Å². The maximum Gasteiger partial charge on any atom is 0.288 e. The molecule has 0 saturated heterocycles. The lowest BCUT2D eigenvalue weighted by Gasteiger charge is -2.14. The van der Waals surface area contributed by atoms with Crippen molar-refractivity contribution < 1.29 is 9.21 Å². The molecule has 0 fully saturated rings. The summed E-state index contributed by atoms with van der Waals surface area (Å²) in [6.07, 6.45) is 4.59. The van der Waals surface area contributed by atoms with Crippen LogP contribution in [0.15, 0.2) is 32.9 Å². The maximum atomic E-state index is 11.7. The van der Waals surface area contributed by atoms with E-state index in [1.54, 1.807) is 6.07 Å². The largest absolute Gasteiger partial charge is 0.458 e. The van der Waals surface area contributed by atoms with E-state index in [-0.39, 0.29) is 18.3 Å². The molecule has 2 heterocycles. The zero-order valence-electron chi connectivity index (χ0n) is 9.16. The molecular formula is C11H14BrClN2O2. The molecule has 1 aliphatic rings. The summed E-state index contributed by atoms with van der Waals surface area (Å²) in [5, 5.41) is 6.06. The Morgan fingerprint density at radius 1 is 1.59 bits per heavy atom. The van der Waals surface area contributed by atoms with Crippen LogP contribution in [-0.2, 0) is 0 Å². The van der Waals surface area contributed by atoms with E-state index in [0.717, 1.165) is 19.5 Å². The number of rotatable bonds is 3. The Morgan fingerprint density at radius 3 is 3.00 bits per heavy atom. The highest BCUT2D eigenvalue weighted by Crippen LogP contribution is 2.17. The van der Waals surface area contributed by atoms with Crippen molar-refractivity contribution in [2.45, 2.75) is 6.42 Å². The van der Waals surface area contributed by atoms with Crippen molar-refractivity contribution in [1.82, 2.24) is 10.6 Å². The normalized spacial score (nSPS) is 14.8. The molecule has 2 rings (SSSR count). The summed E-state index contributed by atoms with van der Waals surface area (Å²) in [7, 11) is 0. The summed E-state index contributed by atoms with van der Waals surface area (Å²) >= 11 is 3.25. The van der Waals surface area contributed by atoms with Crippen LogP contribution in [-0.4, -0.2) is 25.5 Å². The topological polar surface area (TPSA) is 54.3 Å². The van der Waals surface area contributed by atoms with E-state index in [4.69, 9.17) is 4.42 Å². The number of halogens is 2. The average molecular weight is 322 g/mol. The third-order valence-corrected chi connectivity index (χ3v) is 3.08. The standard InChI is InChI=1S/C11H13BrN2O2.ClH/c12-9-3-6-16-10(9)11(15)14-7-8-1-4-13-5-2-8;/h1,3,6,13H,2,4-5,7H2,(H,14,15);1H. The molecule has 2 N–H and O–H groups in total. The van der Waals surface area contributed by atoms with Crippen molar-refractivity contribution in [3.05, 3.63) is 34.2 Å². The zero-order valence-corrected chi connectivity index (χ0v) is 11.6. The minimum Gasteiger partial charge on any atom is -0.458 e. The molecule has 0 radical (unpaired) electrons. The Morgan fingerprint density at radius 2 is 2.41 bits per heavy atom. The lowest BCUT2D eigenvalue weighted by atomic mass is 10.1. The Balaban J connectivity index is 0.00000144. The van der Waals surface area contributed by atoms with E-state index in [1.165, 1.54) is 11.8 Å². The first kappa shape index (κ1) is 14.3. The Labute approximate surface area is 114 Å². The highest BCUT2D eigenvalue weighted by molar-refractivity contribution is 9.10. The van der Waals surface area contributed by atoms with Gasteiger partial charge in [-0.2, -0.15) is 0 Å². The summed E-state index contributed by atoms with van der Waals surface area (Å²) in [5.74, 6) is 0.144. The van der Waals surface area contributed by atoms with Gasteiger partial charge in [-0.15, -0.1) is 12.4 Å². The van der Waals surface area contributed by atoms with Gasteiger partial charge >= 0.3 is 0 Å². The summed E-state index contributed by atoms with van der Waals surface area (Å²) in [6.45, 7) is 2.45. The van der Waals surface area contributed by atoms with E-state index in [2.05, 4.69) is 32.6 Å². The number of furan rings is 1. The molecule has 1 aromatic heterocycles. The molecule has 0 atom stereocenters. The monoisotopic (exact) mass is 320 g/mol. The molecule has 17 heavy (non-hydrogen) atoms. The van der Waals surface area contributed by atoms with Gasteiger partial charge in [0.2, 0.25) is 5.76 Å². The average Bonchev–Trinajstić information content (AvgIpc) is 2.74. The minimum absolute atomic E-state index is 0. The summed E-state index contributed by atoms with van der Waals surface area (Å²) < 4.78 is 5.76. The molecule has 94 valence electrons. The Bertz CT molecular complexity index is 417. The molecule has 6 heteroatoms. The van der Waals surface area contributed by atoms with Gasteiger partial charge in [-0.25, -0.2) is 0 Å². The van der Waals surface area contributed by atoms with Gasteiger partial charge < -0.3 is 15.1 Å². The van der Waals surface area contributed by atoms with Crippen LogP contribution in [0.1, 0.15) is 17.0 Å². The first-order chi connectivity index (χ1) is 7.77. The third kappa shape index (κ3) is 3.87. The molecule has 0 bridgehead atoms. The molecule has 0 spiro atoms. The number of hydrogen-bond donors (Lipinski definition) is 2. The molecule has 1 amide bonds. The molecule has 4 nitrogen and oxygen atoms in total. The van der Waals surface area contributed by atoms with E-state index >= 15 is 0 Å². The van der Waals surface area contributed by atoms with Crippen LogP contribution in [0.25, 0.3) is 0 Å². The predicted octanol–water partition coefficient (Wildman–Crippen LogP) is 2.11. The molecule has 0 saturated carbocycles. The van der Waals surface area contributed by atoms with Crippen LogP contribution >= 0.6 is 28.3 Å². The van der Waals surface area contributed by atoms with Crippen molar-refractivity contribution in [2.75, 3.05) is 19.6 Å². The second-order valence-corrected chi connectivity index (χ2v) is 4.45. The van der Waals surface area contributed by atoms with Crippen LogP contribution in [0, 0.1) is 0 Å². The fourth-order valence-corrected chi connectivity index (χ4v) is 1.94. The van der Waals surface area contributed by atoms with Crippen molar-refractivity contribution in [2.24, 2.45) is 0 Å². The second-order valence-electron chi connectivity index (χ2n) is 3.60. The highest BCUT2D eigenvalue weighted by atomic mass is 79.9. The van der Waals surface area contributed by atoms with Crippen molar-refractivity contribution >= 4 is 34.2 Å². The van der Waals surface area contributed by atoms with Gasteiger partial charge in [-0.05, 0) is 35.0 Å². The van der Waals surface area contributed by atoms with Gasteiger partial charge in [0.15, 0.2) is 0 Å². The molecule has 0 aromatic carbocycles. The molecule has 1 aromatic rings. The number of carbonyl (C=O) groups is 1. The van der Waals surface area contributed by atoms with Crippen LogP contribution in [0.3, 0.4) is 0 Å². The molecular weight excluding hydrogens is 307 g/mol. The number of nitrogens with one attached hydrogen (secondary N) is 2. The predicted molar refractivity (Wildman–Crippen MR) is 71.6 cm³/mol. The lowest BCUT2D eigenvalue weighted by molar-refractivity contribution is 0.0928. The Hall–Kier alpha value is -0.780. The minimum atomic E-state index is -0.184. The van der Waals surface area contributed by atoms with Crippen LogP contribution in [0.2, 0.25) is 0 Å². The van der Waals surface area contributed by atoms with Crippen LogP contribution in [0.5, 0.6) is 0 Å². The quantitative estimate of drug-likeness (QED) is 0.839. The highest BCUT2D eigenvalue weighted by Gasteiger charge is 2.13. The zero-order chi connectivity index (χ0) is 11.4. The summed E-state index contributed by atoms with van der Waals surface area (Å²) in [6, 6.07) is 1.71. The SMILES string of the molecule is Cl.O=C(NCC1=CCNCC1)c1occc1Br. The number of hydrogen-bond acceptors (Lipinski definition) is 3. The second kappa shape index (κ2) is 6.83. The fourth-order valence-electron chi connectivity index (χ4n) is 1.56. The fraction of sp³-hybridized carbons (Fsp3) is 0.364. The third-order valence-electron chi connectivity index (χ3n) is 2.46. The van der Waals surface area contributed by atoms with Crippen molar-refractivity contribution in [1.29, 1.82) is 0 Å². The number of amides is 1. The van der Waals surface area contributed by atoms with Gasteiger partial charge in [-0.1, -0.05) is 11.6 Å². The van der Waals surface area contributed by atoms with Gasteiger partial charge in [0, 0.05) is 13.1 Å². The van der Waals surface area contributed by atoms with Gasteiger partial charge in [0.05, 0.1) is 10.7 Å². The van der Waals surface area contributed by atoms with E-state index in [1.807, 2.05) is 0 Å². The Kier molecular flexibility index (Phi) is 5.74. The molecule has 1 aliphatic heterocycles. The van der Waals surface area contributed by atoms with Crippen molar-refractivity contribution in [3.8, 4) is 0 Å². The van der Waals surface area contributed by atoms with Gasteiger partial charge in [-0.3, -0.25) is 4.79 Å². The molecule has 0 unspecified atom stereocenters. The van der Waals surface area contributed by atoms with E-state index < -0.39 is 0 Å². The first-order valence-corrected chi connectivity index (χ1v) is 5.96. The molecule has 0 aliphatic carbocycles. The number of carbonyl (C=O) groups excluding carboxylic acids is 1. The van der Waals surface area contributed by atoms with Gasteiger partial charge in [0.1, 0.15) is 0 Å². The van der Waals surface area contributed by atoms with Crippen LogP contribution in [0.4, 0.5) is 0 Å². The van der Waals surface area contributed by atoms with E-state index in [9.17, 15) is 4.79 Å². The summed E-state index contributed by atoms with van der Waals surface area (Å²) in [4.78, 5) is 11.7. The first-order valence-electron chi connectivity index (χ1n) is 5.17. The summed E-state index contributed by atoms with van der Waals surface area (Å²) in [5.41, 5.74) is 1.26.